The van der Waals surface area contributed by atoms with Crippen molar-refractivity contribution in [3.8, 4) is 11.6 Å². The summed E-state index contributed by atoms with van der Waals surface area (Å²) in [5.74, 6) is 1.14. The summed E-state index contributed by atoms with van der Waals surface area (Å²) in [4.78, 5) is 22.1. The van der Waals surface area contributed by atoms with Crippen molar-refractivity contribution in [2.24, 2.45) is 7.05 Å². The van der Waals surface area contributed by atoms with Gasteiger partial charge in [-0.05, 0) is 22.6 Å². The second kappa shape index (κ2) is 3.52. The van der Waals surface area contributed by atoms with Gasteiger partial charge in [0.25, 0.3) is 5.56 Å². The van der Waals surface area contributed by atoms with Crippen LogP contribution in [-0.2, 0) is 7.05 Å². The molecule has 0 amide bonds. The maximum atomic E-state index is 11.3. The van der Waals surface area contributed by atoms with Gasteiger partial charge in [0.1, 0.15) is 0 Å². The Bertz CT molecular complexity index is 516. The Morgan fingerprint density at radius 2 is 2.29 bits per heavy atom. The van der Waals surface area contributed by atoms with Gasteiger partial charge in [0.2, 0.25) is 0 Å². The van der Waals surface area contributed by atoms with Gasteiger partial charge in [-0.1, -0.05) is 0 Å². The smallest absolute Gasteiger partial charge is 0.264 e. The summed E-state index contributed by atoms with van der Waals surface area (Å²) in [6.45, 7) is 0. The first-order valence-electron chi connectivity index (χ1n) is 3.91. The molecule has 0 aliphatic heterocycles. The van der Waals surface area contributed by atoms with Crippen molar-refractivity contribution in [3.05, 3.63) is 32.5 Å². The number of halogens is 1. The molecule has 0 saturated carbocycles. The molecule has 2 heterocycles. The first kappa shape index (κ1) is 9.38. The summed E-state index contributed by atoms with van der Waals surface area (Å²) in [6.07, 6.45) is 4.99. The van der Waals surface area contributed by atoms with Crippen LogP contribution in [0.5, 0.6) is 0 Å². The van der Waals surface area contributed by atoms with Crippen molar-refractivity contribution < 1.29 is 0 Å². The zero-order valence-corrected chi connectivity index (χ0v) is 9.52. The van der Waals surface area contributed by atoms with E-state index in [-0.39, 0.29) is 5.56 Å². The third kappa shape index (κ3) is 1.57. The van der Waals surface area contributed by atoms with Crippen molar-refractivity contribution in [2.75, 3.05) is 0 Å². The van der Waals surface area contributed by atoms with Crippen molar-refractivity contribution >= 4 is 22.6 Å². The molecule has 6 heteroatoms. The first-order chi connectivity index (χ1) is 6.68. The highest BCUT2D eigenvalue weighted by molar-refractivity contribution is 14.1. The molecular formula is C8H7IN4O. The Hall–Kier alpha value is -1.18. The van der Waals surface area contributed by atoms with Gasteiger partial charge in [-0.15, -0.1) is 0 Å². The second-order valence-corrected chi connectivity index (χ2v) is 3.93. The molecule has 5 nitrogen and oxygen atoms in total. The van der Waals surface area contributed by atoms with E-state index in [1.165, 1.54) is 6.20 Å². The molecule has 72 valence electrons. The van der Waals surface area contributed by atoms with Crippen molar-refractivity contribution in [1.82, 2.24) is 19.5 Å². The lowest BCUT2D eigenvalue weighted by molar-refractivity contribution is 0.901. The van der Waals surface area contributed by atoms with Crippen LogP contribution in [0.4, 0.5) is 0 Å². The summed E-state index contributed by atoms with van der Waals surface area (Å²) in [7, 11) is 1.85. The van der Waals surface area contributed by atoms with Crippen LogP contribution in [0.1, 0.15) is 0 Å². The van der Waals surface area contributed by atoms with E-state index < -0.39 is 0 Å². The summed E-state index contributed by atoms with van der Waals surface area (Å²) >= 11 is 1.93. The van der Waals surface area contributed by atoms with E-state index in [0.29, 0.717) is 15.2 Å². The standard InChI is InChI=1S/C8H7IN4O/c1-13-3-2-10-7(13)6-11-4-5(9)8(14)12-6/h2-4H,1H3,(H,11,12,14). The fraction of sp³-hybridized carbons (Fsp3) is 0.125. The third-order valence-corrected chi connectivity index (χ3v) is 2.56. The van der Waals surface area contributed by atoms with Crippen LogP contribution in [0, 0.1) is 3.57 Å². The van der Waals surface area contributed by atoms with E-state index >= 15 is 0 Å². The van der Waals surface area contributed by atoms with Gasteiger partial charge < -0.3 is 9.55 Å². The molecule has 0 aliphatic carbocycles. The number of imidazole rings is 1. The lowest BCUT2D eigenvalue weighted by atomic mass is 10.5. The SMILES string of the molecule is Cn1ccnc1-c1ncc(I)c(=O)[nH]1. The molecule has 0 fully saturated rings. The van der Waals surface area contributed by atoms with E-state index in [4.69, 9.17) is 0 Å². The van der Waals surface area contributed by atoms with Crippen LogP contribution < -0.4 is 5.56 Å². The maximum Gasteiger partial charge on any atom is 0.264 e. The van der Waals surface area contributed by atoms with Gasteiger partial charge in [-0.25, -0.2) is 9.97 Å². The minimum absolute atomic E-state index is 0.140. The minimum atomic E-state index is -0.140. The molecule has 0 aromatic carbocycles. The molecule has 0 bridgehead atoms. The molecule has 1 N–H and O–H groups in total. The van der Waals surface area contributed by atoms with Crippen LogP contribution >= 0.6 is 22.6 Å². The van der Waals surface area contributed by atoms with Crippen LogP contribution in [0.3, 0.4) is 0 Å². The predicted octanol–water partition coefficient (Wildman–Crippen LogP) is 0.775. The van der Waals surface area contributed by atoms with E-state index in [1.807, 2.05) is 29.6 Å². The predicted molar refractivity (Wildman–Crippen MR) is 59.8 cm³/mol. The first-order valence-corrected chi connectivity index (χ1v) is 4.99. The van der Waals surface area contributed by atoms with Crippen LogP contribution in [-0.4, -0.2) is 19.5 Å². The Labute approximate surface area is 93.4 Å². The van der Waals surface area contributed by atoms with Crippen molar-refractivity contribution in [3.63, 3.8) is 0 Å². The molecule has 2 rings (SSSR count). The molecule has 0 aliphatic rings. The van der Waals surface area contributed by atoms with Gasteiger partial charge in [-0.2, -0.15) is 0 Å². The molecule has 2 aromatic heterocycles. The van der Waals surface area contributed by atoms with Gasteiger partial charge in [-0.3, -0.25) is 4.79 Å². The van der Waals surface area contributed by atoms with Crippen molar-refractivity contribution in [1.29, 1.82) is 0 Å². The normalized spacial score (nSPS) is 10.4. The van der Waals surface area contributed by atoms with Gasteiger partial charge in [0, 0.05) is 25.6 Å². The number of nitrogens with zero attached hydrogens (tertiary/aromatic N) is 3. The minimum Gasteiger partial charge on any atom is -0.331 e. The highest BCUT2D eigenvalue weighted by Crippen LogP contribution is 2.08. The molecule has 2 aromatic rings. The van der Waals surface area contributed by atoms with E-state index in [9.17, 15) is 4.79 Å². The summed E-state index contributed by atoms with van der Waals surface area (Å²) in [5.41, 5.74) is -0.140. The van der Waals surface area contributed by atoms with Gasteiger partial charge >= 0.3 is 0 Å². The zero-order valence-electron chi connectivity index (χ0n) is 7.36. The van der Waals surface area contributed by atoms with Gasteiger partial charge in [0.05, 0.1) is 3.57 Å². The fourth-order valence-corrected chi connectivity index (χ4v) is 1.36. The fourth-order valence-electron chi connectivity index (χ4n) is 1.09. The third-order valence-electron chi connectivity index (χ3n) is 1.79. The summed E-state index contributed by atoms with van der Waals surface area (Å²) < 4.78 is 2.37. The number of hydrogen-bond acceptors (Lipinski definition) is 3. The molecular weight excluding hydrogens is 295 g/mol. The Morgan fingerprint density at radius 3 is 2.86 bits per heavy atom. The quantitative estimate of drug-likeness (QED) is 0.792. The van der Waals surface area contributed by atoms with Crippen LogP contribution in [0.15, 0.2) is 23.4 Å². The second-order valence-electron chi connectivity index (χ2n) is 2.77. The summed E-state index contributed by atoms with van der Waals surface area (Å²) in [5, 5.41) is 0. The molecule has 0 saturated heterocycles. The molecule has 0 spiro atoms. The van der Waals surface area contributed by atoms with Gasteiger partial charge in [0.15, 0.2) is 11.6 Å². The zero-order chi connectivity index (χ0) is 10.1. The highest BCUT2D eigenvalue weighted by atomic mass is 127. The number of rotatable bonds is 1. The lowest BCUT2D eigenvalue weighted by Gasteiger charge is -1.99. The van der Waals surface area contributed by atoms with Crippen molar-refractivity contribution in [2.45, 2.75) is 0 Å². The largest absolute Gasteiger partial charge is 0.331 e. The monoisotopic (exact) mass is 302 g/mol. The number of aromatic nitrogens is 4. The molecule has 0 unspecified atom stereocenters. The van der Waals surface area contributed by atoms with E-state index in [0.717, 1.165) is 0 Å². The van der Waals surface area contributed by atoms with E-state index in [1.54, 1.807) is 17.0 Å². The number of aromatic amines is 1. The average Bonchev–Trinajstić information content (AvgIpc) is 2.57. The van der Waals surface area contributed by atoms with E-state index in [2.05, 4.69) is 15.0 Å². The average molecular weight is 302 g/mol. The highest BCUT2D eigenvalue weighted by Gasteiger charge is 2.06. The lowest BCUT2D eigenvalue weighted by Crippen LogP contribution is -2.12. The number of hydrogen-bond donors (Lipinski definition) is 1. The number of aryl methyl sites for hydroxylation is 1. The molecule has 0 atom stereocenters. The maximum absolute atomic E-state index is 11.3. The number of nitrogens with one attached hydrogen (secondary N) is 1. The molecule has 14 heavy (non-hydrogen) atoms. The topological polar surface area (TPSA) is 63.6 Å². The number of H-pyrrole nitrogens is 1. The Morgan fingerprint density at radius 1 is 1.50 bits per heavy atom. The van der Waals surface area contributed by atoms with Crippen LogP contribution in [0.25, 0.3) is 11.6 Å². The van der Waals surface area contributed by atoms with Crippen LogP contribution in [0.2, 0.25) is 0 Å². The Balaban J connectivity index is 2.59. The molecule has 0 radical (unpaired) electrons. The summed E-state index contributed by atoms with van der Waals surface area (Å²) in [6, 6.07) is 0. The Kier molecular flexibility index (Phi) is 2.36.